The molecule has 1 aliphatic carbocycles. The minimum absolute atomic E-state index is 0.0184. The van der Waals surface area contributed by atoms with E-state index in [1.165, 1.54) is 43.3 Å². The first-order valence-electron chi connectivity index (χ1n) is 8.09. The maximum Gasteiger partial charge on any atom is 0.320 e. The summed E-state index contributed by atoms with van der Waals surface area (Å²) in [7, 11) is 0. The minimum atomic E-state index is -2.82. The number of carbonyl (C=O) groups is 4. The summed E-state index contributed by atoms with van der Waals surface area (Å²) in [6.07, 6.45) is 0. The zero-order valence-electron chi connectivity index (χ0n) is 14.0. The van der Waals surface area contributed by atoms with Gasteiger partial charge in [0.05, 0.1) is 6.61 Å². The Morgan fingerprint density at radius 3 is 1.96 bits per heavy atom. The monoisotopic (exact) mass is 352 g/mol. The number of fused-ring (bicyclic) bond motifs is 1. The maximum absolute atomic E-state index is 12.9. The average molecular weight is 352 g/mol. The topological polar surface area (TPSA) is 97.7 Å². The summed E-state index contributed by atoms with van der Waals surface area (Å²) in [6, 6.07) is 13.5. The van der Waals surface area contributed by atoms with E-state index in [0.717, 1.165) is 0 Å². The zero-order valence-corrected chi connectivity index (χ0v) is 14.0. The molecular formula is C20H16O6. The molecule has 1 N–H and O–H groups in total. The molecule has 0 aliphatic heterocycles. The fourth-order valence-corrected chi connectivity index (χ4v) is 3.12. The van der Waals surface area contributed by atoms with Gasteiger partial charge in [0.25, 0.3) is 0 Å². The summed E-state index contributed by atoms with van der Waals surface area (Å²) >= 11 is 0. The minimum Gasteiger partial charge on any atom is -0.465 e. The van der Waals surface area contributed by atoms with Crippen LogP contribution in [0, 0.1) is 5.92 Å². The predicted octanol–water partition coefficient (Wildman–Crippen LogP) is 1.86. The quantitative estimate of drug-likeness (QED) is 0.501. The van der Waals surface area contributed by atoms with Crippen LogP contribution in [0.25, 0.3) is 0 Å². The smallest absolute Gasteiger partial charge is 0.320 e. The second-order valence-corrected chi connectivity index (χ2v) is 5.89. The maximum atomic E-state index is 12.9. The number of ether oxygens (including phenoxy) is 1. The Morgan fingerprint density at radius 2 is 1.46 bits per heavy atom. The standard InChI is InChI=1S/C20H16O6/c1-2-26-19(24)15(16(21)12-8-4-3-5-9-12)20(25)17(22)13-10-6-7-11-14(13)18(20)23/h3-11,15,25H,2H2,1H3/t15-/m1/s1. The summed E-state index contributed by atoms with van der Waals surface area (Å²) in [5, 5.41) is 11.0. The van der Waals surface area contributed by atoms with Crippen molar-refractivity contribution in [3.63, 3.8) is 0 Å². The third-order valence-electron chi connectivity index (χ3n) is 4.37. The lowest BCUT2D eigenvalue weighted by Crippen LogP contribution is -2.55. The van der Waals surface area contributed by atoms with Crippen molar-refractivity contribution in [2.45, 2.75) is 12.5 Å². The third-order valence-corrected chi connectivity index (χ3v) is 4.37. The molecule has 0 aromatic heterocycles. The highest BCUT2D eigenvalue weighted by Crippen LogP contribution is 2.37. The Bertz CT molecular complexity index is 865. The summed E-state index contributed by atoms with van der Waals surface area (Å²) < 4.78 is 4.90. The average Bonchev–Trinajstić information content (AvgIpc) is 2.85. The molecule has 0 spiro atoms. The van der Waals surface area contributed by atoms with Gasteiger partial charge in [-0.2, -0.15) is 0 Å². The molecule has 6 nitrogen and oxygen atoms in total. The normalized spacial score (nSPS) is 16.1. The molecule has 0 fully saturated rings. The molecule has 0 heterocycles. The Balaban J connectivity index is 2.14. The molecular weight excluding hydrogens is 336 g/mol. The number of hydrogen-bond acceptors (Lipinski definition) is 6. The first kappa shape index (κ1) is 17.7. The van der Waals surface area contributed by atoms with Crippen molar-refractivity contribution in [3.05, 3.63) is 71.3 Å². The van der Waals surface area contributed by atoms with Gasteiger partial charge in [-0.05, 0) is 6.92 Å². The van der Waals surface area contributed by atoms with Crippen molar-refractivity contribution in [1.29, 1.82) is 0 Å². The van der Waals surface area contributed by atoms with Crippen LogP contribution >= 0.6 is 0 Å². The first-order chi connectivity index (χ1) is 12.4. The van der Waals surface area contributed by atoms with Gasteiger partial charge in [0.2, 0.25) is 17.2 Å². The van der Waals surface area contributed by atoms with E-state index in [1.807, 2.05) is 0 Å². The van der Waals surface area contributed by atoms with Crippen molar-refractivity contribution >= 4 is 23.3 Å². The second-order valence-electron chi connectivity index (χ2n) is 5.89. The Morgan fingerprint density at radius 1 is 0.962 bits per heavy atom. The van der Waals surface area contributed by atoms with E-state index in [1.54, 1.807) is 18.2 Å². The Labute approximate surface area is 149 Å². The highest BCUT2D eigenvalue weighted by molar-refractivity contribution is 6.36. The van der Waals surface area contributed by atoms with E-state index in [4.69, 9.17) is 4.74 Å². The molecule has 2 aromatic carbocycles. The van der Waals surface area contributed by atoms with Gasteiger partial charge >= 0.3 is 5.97 Å². The molecule has 0 bridgehead atoms. The molecule has 0 unspecified atom stereocenters. The first-order valence-corrected chi connectivity index (χ1v) is 8.09. The van der Waals surface area contributed by atoms with Crippen molar-refractivity contribution in [3.8, 4) is 0 Å². The van der Waals surface area contributed by atoms with Gasteiger partial charge in [0, 0.05) is 16.7 Å². The van der Waals surface area contributed by atoms with Crippen molar-refractivity contribution in [1.82, 2.24) is 0 Å². The molecule has 26 heavy (non-hydrogen) atoms. The lowest BCUT2D eigenvalue weighted by molar-refractivity contribution is -0.150. The van der Waals surface area contributed by atoms with Gasteiger partial charge in [0.1, 0.15) is 0 Å². The van der Waals surface area contributed by atoms with E-state index in [9.17, 15) is 24.3 Å². The van der Waals surface area contributed by atoms with Crippen molar-refractivity contribution in [2.75, 3.05) is 6.61 Å². The third kappa shape index (κ3) is 2.55. The molecule has 6 heteroatoms. The second kappa shape index (κ2) is 6.65. The summed E-state index contributed by atoms with van der Waals surface area (Å²) in [6.45, 7) is 1.46. The zero-order chi connectivity index (χ0) is 18.9. The number of rotatable bonds is 5. The van der Waals surface area contributed by atoms with E-state index in [2.05, 4.69) is 0 Å². The van der Waals surface area contributed by atoms with Crippen LogP contribution < -0.4 is 0 Å². The van der Waals surface area contributed by atoms with Crippen LogP contribution in [0.5, 0.6) is 0 Å². The fraction of sp³-hybridized carbons (Fsp3) is 0.200. The molecule has 132 valence electrons. The lowest BCUT2D eigenvalue weighted by Gasteiger charge is -2.27. The highest BCUT2D eigenvalue weighted by atomic mass is 16.5. The van der Waals surface area contributed by atoms with Gasteiger partial charge < -0.3 is 9.84 Å². The SMILES string of the molecule is CCOC(=O)[C@@H](C(=O)c1ccccc1)C1(O)C(=O)c2ccccc2C1=O. The van der Waals surface area contributed by atoms with Crippen LogP contribution in [0.3, 0.4) is 0 Å². The number of Topliss-reactive ketones (excluding diaryl/α,β-unsaturated/α-hetero) is 3. The molecule has 1 atom stereocenters. The van der Waals surface area contributed by atoms with Crippen molar-refractivity contribution < 1.29 is 29.0 Å². The number of hydrogen-bond donors (Lipinski definition) is 1. The number of esters is 1. The summed E-state index contributed by atoms with van der Waals surface area (Å²) in [4.78, 5) is 51.0. The lowest BCUT2D eigenvalue weighted by atomic mass is 9.78. The van der Waals surface area contributed by atoms with Crippen LogP contribution in [-0.2, 0) is 9.53 Å². The Hall–Kier alpha value is -3.12. The van der Waals surface area contributed by atoms with Crippen LogP contribution in [0.2, 0.25) is 0 Å². The highest BCUT2D eigenvalue weighted by Gasteiger charge is 2.62. The summed E-state index contributed by atoms with van der Waals surface area (Å²) in [5.41, 5.74) is -2.76. The fourth-order valence-electron chi connectivity index (χ4n) is 3.12. The van der Waals surface area contributed by atoms with Crippen LogP contribution in [0.15, 0.2) is 54.6 Å². The van der Waals surface area contributed by atoms with E-state index in [0.29, 0.717) is 0 Å². The molecule has 0 radical (unpaired) electrons. The van der Waals surface area contributed by atoms with Gasteiger partial charge in [-0.1, -0.05) is 54.6 Å². The summed E-state index contributed by atoms with van der Waals surface area (Å²) in [5.74, 6) is -5.88. The van der Waals surface area contributed by atoms with Crippen LogP contribution in [0.1, 0.15) is 38.0 Å². The van der Waals surface area contributed by atoms with E-state index < -0.39 is 34.8 Å². The van der Waals surface area contributed by atoms with E-state index >= 15 is 0 Å². The molecule has 0 amide bonds. The van der Waals surface area contributed by atoms with Crippen LogP contribution in [0.4, 0.5) is 0 Å². The number of ketones is 3. The van der Waals surface area contributed by atoms with Crippen molar-refractivity contribution in [2.24, 2.45) is 5.92 Å². The molecule has 0 saturated carbocycles. The predicted molar refractivity (Wildman–Crippen MR) is 90.9 cm³/mol. The number of carbonyl (C=O) groups excluding carboxylic acids is 4. The number of aliphatic hydroxyl groups is 1. The molecule has 3 rings (SSSR count). The van der Waals surface area contributed by atoms with E-state index in [-0.39, 0.29) is 23.3 Å². The molecule has 0 saturated heterocycles. The van der Waals surface area contributed by atoms with Gasteiger partial charge in [-0.15, -0.1) is 0 Å². The van der Waals surface area contributed by atoms with Gasteiger partial charge in [-0.3, -0.25) is 19.2 Å². The van der Waals surface area contributed by atoms with Gasteiger partial charge in [0.15, 0.2) is 11.7 Å². The van der Waals surface area contributed by atoms with Crippen LogP contribution in [-0.4, -0.2) is 40.6 Å². The largest absolute Gasteiger partial charge is 0.465 e. The Kier molecular flexibility index (Phi) is 4.52. The van der Waals surface area contributed by atoms with Gasteiger partial charge in [-0.25, -0.2) is 0 Å². The molecule has 2 aromatic rings. The number of benzene rings is 2. The molecule has 1 aliphatic rings.